The van der Waals surface area contributed by atoms with E-state index in [1.54, 1.807) is 12.2 Å². The van der Waals surface area contributed by atoms with Crippen LogP contribution in [-0.2, 0) is 0 Å². The second-order valence-electron chi connectivity index (χ2n) is 13.7. The second-order valence-corrected chi connectivity index (χ2v) is 13.7. The summed E-state index contributed by atoms with van der Waals surface area (Å²) >= 11 is 0. The Morgan fingerprint density at radius 1 is 0.393 bits per heavy atom. The largest absolute Gasteiger partial charge is 0.456 e. The van der Waals surface area contributed by atoms with Gasteiger partial charge in [-0.05, 0) is 69.8 Å². The average Bonchev–Trinajstić information content (AvgIpc) is 3.81. The van der Waals surface area contributed by atoms with E-state index in [0.717, 1.165) is 94.0 Å². The van der Waals surface area contributed by atoms with E-state index in [-0.39, 0.29) is 0 Å². The Morgan fingerprint density at radius 2 is 0.911 bits per heavy atom. The number of rotatable bonds is 8. The van der Waals surface area contributed by atoms with Gasteiger partial charge in [0.25, 0.3) is 0 Å². The van der Waals surface area contributed by atoms with Gasteiger partial charge in [-0.3, -0.25) is 0 Å². The third kappa shape index (κ3) is 5.88. The molecule has 7 aromatic carbocycles. The topological polar surface area (TPSA) is 65.0 Å². The van der Waals surface area contributed by atoms with Gasteiger partial charge < -0.3 is 8.83 Å². The second kappa shape index (κ2) is 13.7. The smallest absolute Gasteiger partial charge is 0.164 e. The van der Waals surface area contributed by atoms with Crippen LogP contribution in [0.1, 0.15) is 5.82 Å². The van der Waals surface area contributed by atoms with E-state index in [1.165, 1.54) is 0 Å². The average molecular weight is 720 g/mol. The highest BCUT2D eigenvalue weighted by atomic mass is 16.3. The molecule has 0 aliphatic heterocycles. The molecular formula is C51H33N3O2. The van der Waals surface area contributed by atoms with Crippen LogP contribution < -0.4 is 0 Å². The molecule has 3 aromatic heterocycles. The van der Waals surface area contributed by atoms with E-state index < -0.39 is 0 Å². The number of hydrogen-bond donors (Lipinski definition) is 0. The number of furan rings is 2. The van der Waals surface area contributed by atoms with Crippen molar-refractivity contribution in [2.45, 2.75) is 0 Å². The Labute approximate surface area is 323 Å². The quantitative estimate of drug-likeness (QED) is 0.146. The van der Waals surface area contributed by atoms with Gasteiger partial charge in [0.1, 0.15) is 22.3 Å². The van der Waals surface area contributed by atoms with Crippen molar-refractivity contribution in [1.82, 2.24) is 15.0 Å². The highest BCUT2D eigenvalue weighted by molar-refractivity contribution is 6.15. The van der Waals surface area contributed by atoms with Gasteiger partial charge >= 0.3 is 0 Å². The van der Waals surface area contributed by atoms with E-state index in [2.05, 4.69) is 116 Å². The highest BCUT2D eigenvalue weighted by Crippen LogP contribution is 2.38. The molecule has 0 aliphatic carbocycles. The summed E-state index contributed by atoms with van der Waals surface area (Å²) in [4.78, 5) is 14.8. The third-order valence-electron chi connectivity index (χ3n) is 10.3. The molecule has 264 valence electrons. The summed E-state index contributed by atoms with van der Waals surface area (Å²) in [7, 11) is 0. The molecule has 0 aliphatic rings. The molecule has 56 heavy (non-hydrogen) atoms. The lowest BCUT2D eigenvalue weighted by Gasteiger charge is -2.11. The van der Waals surface area contributed by atoms with Crippen LogP contribution in [0.5, 0.6) is 0 Å². The van der Waals surface area contributed by atoms with E-state index in [9.17, 15) is 0 Å². The minimum Gasteiger partial charge on any atom is -0.456 e. The zero-order chi connectivity index (χ0) is 37.6. The van der Waals surface area contributed by atoms with Gasteiger partial charge in [0.2, 0.25) is 0 Å². The molecule has 0 saturated carbocycles. The third-order valence-corrected chi connectivity index (χ3v) is 10.3. The van der Waals surface area contributed by atoms with Crippen molar-refractivity contribution in [1.29, 1.82) is 0 Å². The first-order valence-corrected chi connectivity index (χ1v) is 18.5. The maximum absolute atomic E-state index is 6.42. The molecule has 0 fully saturated rings. The van der Waals surface area contributed by atoms with Crippen LogP contribution in [0.15, 0.2) is 198 Å². The van der Waals surface area contributed by atoms with Gasteiger partial charge in [0, 0.05) is 44.3 Å². The van der Waals surface area contributed by atoms with Crippen molar-refractivity contribution >= 4 is 49.5 Å². The Bertz CT molecular complexity index is 3170. The molecule has 0 spiro atoms. The monoisotopic (exact) mass is 719 g/mol. The Hall–Kier alpha value is -7.63. The zero-order valence-electron chi connectivity index (χ0n) is 30.3. The minimum absolute atomic E-state index is 0.530. The molecule has 5 nitrogen and oxygen atoms in total. The molecule has 5 heteroatoms. The molecule has 0 bridgehead atoms. The number of allylic oxidation sites excluding steroid dienone is 4. The molecule has 3 heterocycles. The fraction of sp³-hybridized carbons (Fsp3) is 0. The summed E-state index contributed by atoms with van der Waals surface area (Å²) in [6.07, 6.45) is 5.32. The normalized spacial score (nSPS) is 11.8. The van der Waals surface area contributed by atoms with Crippen molar-refractivity contribution < 1.29 is 8.83 Å². The number of benzene rings is 7. The lowest BCUT2D eigenvalue weighted by Crippen LogP contribution is -2.02. The molecule has 10 aromatic rings. The van der Waals surface area contributed by atoms with Gasteiger partial charge in [0.05, 0.1) is 0 Å². The van der Waals surface area contributed by atoms with Crippen molar-refractivity contribution in [3.63, 3.8) is 0 Å². The standard InChI is InChI=1S/C51H33N3O2/c1-3-12-32(4-2)49-52-50(35-23-21-34(22-24-35)33-13-6-5-7-14-33)54-51(53-49)40-18-11-17-38(28-40)36-15-10-16-37(27-36)39-25-26-42-44-30-43-41-19-8-9-20-45(41)55-47(43)31-48(44)56-46(42)29-39/h3-31H,1-2H2/b32-12+. The maximum Gasteiger partial charge on any atom is 0.164 e. The lowest BCUT2D eigenvalue weighted by molar-refractivity contribution is 0.656. The molecule has 0 N–H and O–H groups in total. The van der Waals surface area contributed by atoms with Crippen molar-refractivity contribution in [3.05, 3.63) is 195 Å². The summed E-state index contributed by atoms with van der Waals surface area (Å²) in [6, 6.07) is 54.3. The van der Waals surface area contributed by atoms with Crippen molar-refractivity contribution in [2.75, 3.05) is 0 Å². The molecule has 0 radical (unpaired) electrons. The lowest BCUT2D eigenvalue weighted by atomic mass is 9.97. The number of para-hydroxylation sites is 1. The van der Waals surface area contributed by atoms with Crippen LogP contribution in [0.2, 0.25) is 0 Å². The number of hydrogen-bond acceptors (Lipinski definition) is 5. The highest BCUT2D eigenvalue weighted by Gasteiger charge is 2.16. The molecule has 0 atom stereocenters. The summed E-state index contributed by atoms with van der Waals surface area (Å²) < 4.78 is 12.6. The molecule has 10 rings (SSSR count). The predicted molar refractivity (Wildman–Crippen MR) is 230 cm³/mol. The van der Waals surface area contributed by atoms with Crippen LogP contribution in [0, 0.1) is 0 Å². The number of nitrogens with zero attached hydrogens (tertiary/aromatic N) is 3. The first kappa shape index (κ1) is 33.0. The summed E-state index contributed by atoms with van der Waals surface area (Å²) in [6.45, 7) is 7.90. The van der Waals surface area contributed by atoms with Gasteiger partial charge in [0.15, 0.2) is 17.5 Å². The number of fused-ring (bicyclic) bond motifs is 6. The van der Waals surface area contributed by atoms with E-state index in [0.29, 0.717) is 17.5 Å². The molecular weight excluding hydrogens is 687 g/mol. The Kier molecular flexibility index (Phi) is 8.04. The SMILES string of the molecule is C=C/C=C(\C=C)c1nc(-c2ccc(-c3ccccc3)cc2)nc(-c2cccc(-c3cccc(-c4ccc5c(c4)oc4cc6oc7ccccc7c6cc45)c3)c2)n1. The zero-order valence-corrected chi connectivity index (χ0v) is 30.3. The van der Waals surface area contributed by atoms with Gasteiger partial charge in [-0.25, -0.2) is 15.0 Å². The van der Waals surface area contributed by atoms with Crippen LogP contribution >= 0.6 is 0 Å². The molecule has 0 unspecified atom stereocenters. The fourth-order valence-electron chi connectivity index (χ4n) is 7.46. The first-order chi connectivity index (χ1) is 27.6. The summed E-state index contributed by atoms with van der Waals surface area (Å²) in [5, 5.41) is 4.34. The number of aromatic nitrogens is 3. The van der Waals surface area contributed by atoms with Crippen molar-refractivity contribution in [3.8, 4) is 56.2 Å². The Morgan fingerprint density at radius 3 is 1.62 bits per heavy atom. The maximum atomic E-state index is 6.42. The van der Waals surface area contributed by atoms with Gasteiger partial charge in [-0.1, -0.05) is 147 Å². The Balaban J connectivity index is 1.00. The van der Waals surface area contributed by atoms with Gasteiger partial charge in [-0.2, -0.15) is 0 Å². The van der Waals surface area contributed by atoms with Gasteiger partial charge in [-0.15, -0.1) is 0 Å². The summed E-state index contributed by atoms with van der Waals surface area (Å²) in [5.41, 5.74) is 12.4. The predicted octanol–water partition coefficient (Wildman–Crippen LogP) is 13.8. The van der Waals surface area contributed by atoms with Crippen LogP contribution in [0.25, 0.3) is 106 Å². The van der Waals surface area contributed by atoms with Crippen LogP contribution in [-0.4, -0.2) is 15.0 Å². The van der Waals surface area contributed by atoms with Crippen molar-refractivity contribution in [2.24, 2.45) is 0 Å². The van der Waals surface area contributed by atoms with Crippen LogP contribution in [0.3, 0.4) is 0 Å². The first-order valence-electron chi connectivity index (χ1n) is 18.5. The van der Waals surface area contributed by atoms with Crippen LogP contribution in [0.4, 0.5) is 0 Å². The van der Waals surface area contributed by atoms with E-state index in [1.807, 2.05) is 60.7 Å². The fourth-order valence-corrected chi connectivity index (χ4v) is 7.46. The molecule has 0 amide bonds. The van der Waals surface area contributed by atoms with E-state index >= 15 is 0 Å². The minimum atomic E-state index is 0.530. The van der Waals surface area contributed by atoms with E-state index in [4.69, 9.17) is 23.8 Å². The summed E-state index contributed by atoms with van der Waals surface area (Å²) in [5.74, 6) is 1.68. The molecule has 0 saturated heterocycles.